The molecule has 2 N–H and O–H groups in total. The lowest BCUT2D eigenvalue weighted by atomic mass is 10.2. The van der Waals surface area contributed by atoms with Gasteiger partial charge in [-0.2, -0.15) is 11.8 Å². The van der Waals surface area contributed by atoms with Crippen LogP contribution in [0.2, 0.25) is 0 Å². The van der Waals surface area contributed by atoms with Gasteiger partial charge in [0.05, 0.1) is 12.4 Å². The molecule has 0 aliphatic heterocycles. The summed E-state index contributed by atoms with van der Waals surface area (Å²) in [4.78, 5) is 18.7. The third-order valence-electron chi connectivity index (χ3n) is 2.94. The van der Waals surface area contributed by atoms with Crippen molar-refractivity contribution in [2.45, 2.75) is 30.6 Å². The van der Waals surface area contributed by atoms with E-state index in [9.17, 15) is 4.79 Å². The Morgan fingerprint density at radius 3 is 3.06 bits per heavy atom. The van der Waals surface area contributed by atoms with Gasteiger partial charge in [-0.3, -0.25) is 4.98 Å². The van der Waals surface area contributed by atoms with Crippen LogP contribution < -0.4 is 5.32 Å². The summed E-state index contributed by atoms with van der Waals surface area (Å²) in [6.07, 6.45) is 8.44. The van der Waals surface area contributed by atoms with E-state index < -0.39 is 5.97 Å². The molecule has 92 valence electrons. The predicted octanol–water partition coefficient (Wildman–Crippen LogP) is 1.87. The Bertz CT molecular complexity index is 413. The zero-order chi connectivity index (χ0) is 12.3. The lowest BCUT2D eigenvalue weighted by molar-refractivity contribution is 0.0690. The summed E-state index contributed by atoms with van der Waals surface area (Å²) < 4.78 is 0. The Labute approximate surface area is 104 Å². The first kappa shape index (κ1) is 12.2. The summed E-state index contributed by atoms with van der Waals surface area (Å²) in [5.41, 5.74) is -0.0197. The predicted molar refractivity (Wildman–Crippen MR) is 67.6 cm³/mol. The molecule has 0 bridgehead atoms. The van der Waals surface area contributed by atoms with E-state index in [0.717, 1.165) is 6.42 Å². The van der Waals surface area contributed by atoms with Crippen molar-refractivity contribution >= 4 is 23.5 Å². The van der Waals surface area contributed by atoms with Crippen LogP contribution in [0.25, 0.3) is 0 Å². The first-order chi connectivity index (χ1) is 8.20. The average molecular weight is 253 g/mol. The van der Waals surface area contributed by atoms with Crippen molar-refractivity contribution in [2.75, 3.05) is 11.6 Å². The van der Waals surface area contributed by atoms with E-state index in [1.165, 1.54) is 19.0 Å². The van der Waals surface area contributed by atoms with Crippen molar-refractivity contribution < 1.29 is 9.90 Å². The minimum Gasteiger partial charge on any atom is -0.476 e. The Morgan fingerprint density at radius 2 is 2.35 bits per heavy atom. The van der Waals surface area contributed by atoms with Crippen LogP contribution in [0.1, 0.15) is 29.8 Å². The van der Waals surface area contributed by atoms with Gasteiger partial charge < -0.3 is 10.4 Å². The van der Waals surface area contributed by atoms with Crippen LogP contribution in [-0.2, 0) is 0 Å². The molecular weight excluding hydrogens is 238 g/mol. The van der Waals surface area contributed by atoms with Crippen molar-refractivity contribution in [3.63, 3.8) is 0 Å². The summed E-state index contributed by atoms with van der Waals surface area (Å²) in [5, 5.41) is 12.7. The van der Waals surface area contributed by atoms with E-state index in [2.05, 4.69) is 21.5 Å². The molecule has 1 aromatic rings. The molecule has 0 radical (unpaired) electrons. The highest BCUT2D eigenvalue weighted by Gasteiger charge is 2.26. The maximum absolute atomic E-state index is 10.8. The van der Waals surface area contributed by atoms with E-state index in [1.54, 1.807) is 6.20 Å². The van der Waals surface area contributed by atoms with Gasteiger partial charge in [0.15, 0.2) is 5.69 Å². The van der Waals surface area contributed by atoms with Gasteiger partial charge in [-0.25, -0.2) is 9.78 Å². The molecule has 1 fully saturated rings. The molecule has 17 heavy (non-hydrogen) atoms. The minimum atomic E-state index is -1.05. The van der Waals surface area contributed by atoms with Gasteiger partial charge in [-0.15, -0.1) is 0 Å². The molecule has 1 heterocycles. The number of hydrogen-bond donors (Lipinski definition) is 2. The zero-order valence-corrected chi connectivity index (χ0v) is 10.4. The smallest absolute Gasteiger partial charge is 0.356 e. The first-order valence-corrected chi connectivity index (χ1v) is 6.84. The summed E-state index contributed by atoms with van der Waals surface area (Å²) >= 11 is 1.84. The molecule has 6 heteroatoms. The summed E-state index contributed by atoms with van der Waals surface area (Å²) in [6, 6.07) is 0.364. The minimum absolute atomic E-state index is 0.0197. The Balaban J connectivity index is 2.07. The number of anilines is 1. The monoisotopic (exact) mass is 253 g/mol. The first-order valence-electron chi connectivity index (χ1n) is 5.55. The molecule has 2 rings (SSSR count). The average Bonchev–Trinajstić information content (AvgIpc) is 2.76. The second-order valence-corrected chi connectivity index (χ2v) is 5.13. The quantitative estimate of drug-likeness (QED) is 0.853. The van der Waals surface area contributed by atoms with Crippen LogP contribution >= 0.6 is 11.8 Å². The molecule has 0 saturated heterocycles. The molecule has 0 amide bonds. The van der Waals surface area contributed by atoms with Gasteiger partial charge in [0.1, 0.15) is 5.82 Å². The standard InChI is InChI=1S/C11H15N3O2S/c1-17-9-4-2-3-7(9)13-10-6-12-5-8(14-10)11(15)16/h5-7,9H,2-4H2,1H3,(H,13,14)(H,15,16). The Morgan fingerprint density at radius 1 is 1.53 bits per heavy atom. The molecule has 0 aromatic carbocycles. The number of hydrogen-bond acceptors (Lipinski definition) is 5. The normalized spacial score (nSPS) is 23.6. The number of aromatic carboxylic acids is 1. The topological polar surface area (TPSA) is 75.1 Å². The van der Waals surface area contributed by atoms with Crippen molar-refractivity contribution in [3.05, 3.63) is 18.1 Å². The number of carboxylic acids is 1. The largest absolute Gasteiger partial charge is 0.476 e. The SMILES string of the molecule is CSC1CCCC1Nc1cncc(C(=O)O)n1. The molecule has 0 spiro atoms. The fourth-order valence-corrected chi connectivity index (χ4v) is 3.04. The number of carbonyl (C=O) groups is 1. The van der Waals surface area contributed by atoms with Crippen LogP contribution in [0.4, 0.5) is 5.82 Å². The van der Waals surface area contributed by atoms with E-state index in [4.69, 9.17) is 5.11 Å². The lowest BCUT2D eigenvalue weighted by Gasteiger charge is -2.19. The van der Waals surface area contributed by atoms with Gasteiger partial charge in [0.25, 0.3) is 0 Å². The maximum Gasteiger partial charge on any atom is 0.356 e. The second-order valence-electron chi connectivity index (χ2n) is 4.05. The van der Waals surface area contributed by atoms with Crippen LogP contribution in [0.15, 0.2) is 12.4 Å². The Kier molecular flexibility index (Phi) is 3.83. The molecule has 1 aliphatic carbocycles. The fraction of sp³-hybridized carbons (Fsp3) is 0.545. The number of thioether (sulfide) groups is 1. The summed E-state index contributed by atoms with van der Waals surface area (Å²) in [6.45, 7) is 0. The van der Waals surface area contributed by atoms with Crippen molar-refractivity contribution in [1.29, 1.82) is 0 Å². The van der Waals surface area contributed by atoms with E-state index in [-0.39, 0.29) is 5.69 Å². The van der Waals surface area contributed by atoms with Crippen molar-refractivity contribution in [2.24, 2.45) is 0 Å². The van der Waals surface area contributed by atoms with Gasteiger partial charge in [0.2, 0.25) is 0 Å². The van der Waals surface area contributed by atoms with E-state index in [1.807, 2.05) is 11.8 Å². The molecule has 2 unspecified atom stereocenters. The van der Waals surface area contributed by atoms with Gasteiger partial charge >= 0.3 is 5.97 Å². The highest BCUT2D eigenvalue weighted by Crippen LogP contribution is 2.30. The number of aromatic nitrogens is 2. The molecule has 1 saturated carbocycles. The van der Waals surface area contributed by atoms with E-state index >= 15 is 0 Å². The number of nitrogens with zero attached hydrogens (tertiary/aromatic N) is 2. The number of rotatable bonds is 4. The summed E-state index contributed by atoms with van der Waals surface area (Å²) in [7, 11) is 0. The van der Waals surface area contributed by atoms with Crippen LogP contribution in [-0.4, -0.2) is 38.6 Å². The molecule has 5 nitrogen and oxygen atoms in total. The van der Waals surface area contributed by atoms with Gasteiger partial charge in [0, 0.05) is 11.3 Å². The maximum atomic E-state index is 10.8. The highest BCUT2D eigenvalue weighted by atomic mass is 32.2. The molecular formula is C11H15N3O2S. The third kappa shape index (κ3) is 2.88. The second kappa shape index (κ2) is 5.35. The summed E-state index contributed by atoms with van der Waals surface area (Å²) in [5.74, 6) is -0.496. The third-order valence-corrected chi connectivity index (χ3v) is 4.11. The Hall–Kier alpha value is -1.30. The van der Waals surface area contributed by atoms with Crippen LogP contribution in [0.5, 0.6) is 0 Å². The zero-order valence-electron chi connectivity index (χ0n) is 9.59. The van der Waals surface area contributed by atoms with Crippen molar-refractivity contribution in [3.8, 4) is 0 Å². The number of nitrogens with one attached hydrogen (secondary N) is 1. The molecule has 2 atom stereocenters. The van der Waals surface area contributed by atoms with Crippen molar-refractivity contribution in [1.82, 2.24) is 9.97 Å². The molecule has 1 aliphatic rings. The number of carboxylic acid groups (broad SMARTS) is 1. The highest BCUT2D eigenvalue weighted by molar-refractivity contribution is 7.99. The fourth-order valence-electron chi connectivity index (χ4n) is 2.10. The lowest BCUT2D eigenvalue weighted by Crippen LogP contribution is -2.26. The molecule has 1 aromatic heterocycles. The van der Waals surface area contributed by atoms with Gasteiger partial charge in [-0.1, -0.05) is 6.42 Å². The van der Waals surface area contributed by atoms with Gasteiger partial charge in [-0.05, 0) is 19.1 Å². The van der Waals surface area contributed by atoms with Crippen LogP contribution in [0, 0.1) is 0 Å². The van der Waals surface area contributed by atoms with Crippen LogP contribution in [0.3, 0.4) is 0 Å². The van der Waals surface area contributed by atoms with E-state index in [0.29, 0.717) is 17.1 Å².